The van der Waals surface area contributed by atoms with E-state index in [1.54, 1.807) is 24.3 Å². The van der Waals surface area contributed by atoms with Gasteiger partial charge in [-0.05, 0) is 17.7 Å². The van der Waals surface area contributed by atoms with Crippen molar-refractivity contribution in [3.8, 4) is 0 Å². The molecule has 0 aliphatic rings. The Hall–Kier alpha value is -1.92. The minimum atomic E-state index is -1.31. The fourth-order valence-corrected chi connectivity index (χ4v) is 1.16. The molecule has 0 heterocycles. The van der Waals surface area contributed by atoms with Gasteiger partial charge in [0.1, 0.15) is 6.61 Å². The van der Waals surface area contributed by atoms with Crippen LogP contribution >= 0.6 is 11.6 Å². The number of hydrazine groups is 1. The maximum atomic E-state index is 10.6. The molecule has 0 aliphatic heterocycles. The third-order valence-electron chi connectivity index (χ3n) is 1.90. The van der Waals surface area contributed by atoms with Gasteiger partial charge in [-0.3, -0.25) is 5.43 Å². The lowest BCUT2D eigenvalue weighted by atomic mass is 10.2. The lowest BCUT2D eigenvalue weighted by Gasteiger charge is -2.10. The highest BCUT2D eigenvalue weighted by molar-refractivity contribution is 6.30. The van der Waals surface area contributed by atoms with Crippen molar-refractivity contribution in [1.29, 1.82) is 0 Å². The van der Waals surface area contributed by atoms with Crippen molar-refractivity contribution >= 4 is 17.6 Å². The third kappa shape index (κ3) is 3.86. The summed E-state index contributed by atoms with van der Waals surface area (Å²) in [7, 11) is 0. The molecule has 0 aliphatic carbocycles. The summed E-state index contributed by atoms with van der Waals surface area (Å²) in [6.45, 7) is 0.130. The summed E-state index contributed by atoms with van der Waals surface area (Å²) in [5, 5.41) is 9.24. The van der Waals surface area contributed by atoms with Crippen molar-refractivity contribution in [3.63, 3.8) is 0 Å². The van der Waals surface area contributed by atoms with E-state index in [1.807, 2.05) is 0 Å². The highest BCUT2D eigenvalue weighted by atomic mass is 35.5. The van der Waals surface area contributed by atoms with Crippen molar-refractivity contribution in [2.75, 3.05) is 0 Å². The highest BCUT2D eigenvalue weighted by Crippen LogP contribution is 2.11. The van der Waals surface area contributed by atoms with Crippen LogP contribution in [0.5, 0.6) is 0 Å². The zero-order valence-corrected chi connectivity index (χ0v) is 9.57. The topological polar surface area (TPSA) is 111 Å². The highest BCUT2D eigenvalue weighted by Gasteiger charge is 2.11. The van der Waals surface area contributed by atoms with Crippen LogP contribution in [0.3, 0.4) is 0 Å². The average molecular weight is 258 g/mol. The molecule has 6 N–H and O–H groups in total. The van der Waals surface area contributed by atoms with E-state index in [4.69, 9.17) is 33.0 Å². The second kappa shape index (κ2) is 5.97. The van der Waals surface area contributed by atoms with Crippen LogP contribution in [-0.4, -0.2) is 11.1 Å². The van der Waals surface area contributed by atoms with Crippen LogP contribution < -0.4 is 17.0 Å². The average Bonchev–Trinajstić information content (AvgIpc) is 2.31. The number of benzene rings is 1. The van der Waals surface area contributed by atoms with E-state index in [9.17, 15) is 4.79 Å². The molecule has 0 saturated carbocycles. The van der Waals surface area contributed by atoms with Gasteiger partial charge in [-0.25, -0.2) is 10.6 Å². The fourth-order valence-electron chi connectivity index (χ4n) is 1.03. The number of carboxylic acid groups (broad SMARTS) is 1. The van der Waals surface area contributed by atoms with E-state index in [0.717, 1.165) is 5.56 Å². The number of nitrogens with two attached hydrogens (primary N) is 2. The molecular weight excluding hydrogens is 246 g/mol. The molecule has 1 rings (SSSR count). The van der Waals surface area contributed by atoms with E-state index >= 15 is 0 Å². The zero-order chi connectivity index (χ0) is 12.8. The van der Waals surface area contributed by atoms with Crippen LogP contribution in [0, 0.1) is 0 Å². The minimum Gasteiger partial charge on any atom is -0.476 e. The Morgan fingerprint density at radius 1 is 1.41 bits per heavy atom. The summed E-state index contributed by atoms with van der Waals surface area (Å²) < 4.78 is 5.13. The molecule has 1 aromatic carbocycles. The van der Waals surface area contributed by atoms with Crippen molar-refractivity contribution in [2.24, 2.45) is 11.6 Å². The molecule has 0 bridgehead atoms. The Balaban J connectivity index is 2.69. The molecule has 17 heavy (non-hydrogen) atoms. The molecular formula is C10H12ClN3O3. The first-order chi connectivity index (χ1) is 8.04. The van der Waals surface area contributed by atoms with Crippen LogP contribution in [-0.2, 0) is 16.1 Å². The van der Waals surface area contributed by atoms with Gasteiger partial charge in [-0.1, -0.05) is 23.7 Å². The Morgan fingerprint density at radius 3 is 2.47 bits per heavy atom. The smallest absolute Gasteiger partial charge is 0.357 e. The molecule has 92 valence electrons. The first kappa shape index (κ1) is 13.1. The molecule has 0 fully saturated rings. The SMILES string of the molecule is NN/C(OCc1ccc(Cl)cc1)=C(\N)C(=O)O. The molecule has 0 radical (unpaired) electrons. The Labute approximate surface area is 103 Å². The standard InChI is InChI=1S/C10H12ClN3O3/c11-7-3-1-6(2-4-7)5-17-9(14-13)8(12)10(15)16/h1-4,14H,5,12-13H2,(H,15,16)/b9-8+. The van der Waals surface area contributed by atoms with Crippen LogP contribution in [0.4, 0.5) is 0 Å². The van der Waals surface area contributed by atoms with E-state index in [-0.39, 0.29) is 12.5 Å². The van der Waals surface area contributed by atoms with Gasteiger partial charge in [0.2, 0.25) is 5.88 Å². The molecule has 6 nitrogen and oxygen atoms in total. The van der Waals surface area contributed by atoms with Crippen LogP contribution in [0.1, 0.15) is 5.56 Å². The second-order valence-corrected chi connectivity index (χ2v) is 3.54. The Morgan fingerprint density at radius 2 is 2.00 bits per heavy atom. The quantitative estimate of drug-likeness (QED) is 0.265. The molecule has 0 amide bonds. The summed E-state index contributed by atoms with van der Waals surface area (Å²) >= 11 is 5.71. The summed E-state index contributed by atoms with van der Waals surface area (Å²) in [5.41, 5.74) is 7.66. The number of hydrogen-bond acceptors (Lipinski definition) is 5. The summed E-state index contributed by atoms with van der Waals surface area (Å²) in [5.74, 6) is 3.60. The lowest BCUT2D eigenvalue weighted by molar-refractivity contribution is -0.133. The number of ether oxygens (including phenoxy) is 1. The normalized spacial score (nSPS) is 11.6. The number of nitrogens with one attached hydrogen (secondary N) is 1. The molecule has 0 aromatic heterocycles. The van der Waals surface area contributed by atoms with Crippen molar-refractivity contribution in [2.45, 2.75) is 6.61 Å². The molecule has 0 spiro atoms. The van der Waals surface area contributed by atoms with Gasteiger partial charge in [-0.15, -0.1) is 0 Å². The Kier molecular flexibility index (Phi) is 4.62. The van der Waals surface area contributed by atoms with Crippen molar-refractivity contribution in [1.82, 2.24) is 5.43 Å². The molecule has 0 unspecified atom stereocenters. The third-order valence-corrected chi connectivity index (χ3v) is 2.15. The molecule has 0 saturated heterocycles. The van der Waals surface area contributed by atoms with Gasteiger partial charge in [0.15, 0.2) is 5.70 Å². The predicted molar refractivity (Wildman–Crippen MR) is 62.4 cm³/mol. The number of aliphatic carboxylic acids is 1. The number of rotatable bonds is 5. The molecule has 1 aromatic rings. The number of carbonyl (C=O) groups is 1. The largest absolute Gasteiger partial charge is 0.476 e. The van der Waals surface area contributed by atoms with E-state index in [1.165, 1.54) is 0 Å². The lowest BCUT2D eigenvalue weighted by Crippen LogP contribution is -2.29. The summed E-state index contributed by atoms with van der Waals surface area (Å²) in [4.78, 5) is 10.6. The van der Waals surface area contributed by atoms with Crippen LogP contribution in [0.2, 0.25) is 5.02 Å². The number of carboxylic acids is 1. The van der Waals surface area contributed by atoms with Gasteiger partial charge in [0, 0.05) is 5.02 Å². The van der Waals surface area contributed by atoms with E-state index in [2.05, 4.69) is 5.43 Å². The maximum Gasteiger partial charge on any atom is 0.357 e. The zero-order valence-electron chi connectivity index (χ0n) is 8.81. The second-order valence-electron chi connectivity index (χ2n) is 3.11. The number of halogens is 1. The summed E-state index contributed by atoms with van der Waals surface area (Å²) in [6.07, 6.45) is 0. The predicted octanol–water partition coefficient (Wildman–Crippen LogP) is 0.532. The number of hydrogen-bond donors (Lipinski definition) is 4. The van der Waals surface area contributed by atoms with Crippen molar-refractivity contribution < 1.29 is 14.6 Å². The monoisotopic (exact) mass is 257 g/mol. The first-order valence-electron chi connectivity index (χ1n) is 4.61. The minimum absolute atomic E-state index is 0.130. The van der Waals surface area contributed by atoms with E-state index < -0.39 is 11.7 Å². The van der Waals surface area contributed by atoms with E-state index in [0.29, 0.717) is 5.02 Å². The summed E-state index contributed by atoms with van der Waals surface area (Å²) in [6, 6.07) is 6.88. The van der Waals surface area contributed by atoms with Gasteiger partial charge in [0.25, 0.3) is 0 Å². The fraction of sp³-hybridized carbons (Fsp3) is 0.100. The van der Waals surface area contributed by atoms with Crippen LogP contribution in [0.15, 0.2) is 35.8 Å². The van der Waals surface area contributed by atoms with Gasteiger partial charge in [-0.2, -0.15) is 0 Å². The maximum absolute atomic E-state index is 10.6. The van der Waals surface area contributed by atoms with Crippen molar-refractivity contribution in [3.05, 3.63) is 46.4 Å². The van der Waals surface area contributed by atoms with Crippen LogP contribution in [0.25, 0.3) is 0 Å². The van der Waals surface area contributed by atoms with Gasteiger partial charge >= 0.3 is 5.97 Å². The first-order valence-corrected chi connectivity index (χ1v) is 4.99. The Bertz CT molecular complexity index is 431. The molecule has 7 heteroatoms. The molecule has 0 atom stereocenters. The van der Waals surface area contributed by atoms with Gasteiger partial charge in [0.05, 0.1) is 0 Å². The van der Waals surface area contributed by atoms with Gasteiger partial charge < -0.3 is 15.6 Å².